The highest BCUT2D eigenvalue weighted by atomic mass is 35.5. The molecule has 0 fully saturated rings. The van der Waals surface area contributed by atoms with Crippen LogP contribution in [-0.2, 0) is 11.3 Å². The van der Waals surface area contributed by atoms with Crippen molar-refractivity contribution in [3.8, 4) is 0 Å². The lowest BCUT2D eigenvalue weighted by atomic mass is 10.0. The maximum Gasteiger partial charge on any atom is 0.241 e. The molecule has 6 heteroatoms. The van der Waals surface area contributed by atoms with Crippen LogP contribution in [0, 0.1) is 12.8 Å². The van der Waals surface area contributed by atoms with Crippen LogP contribution >= 0.6 is 12.4 Å². The van der Waals surface area contributed by atoms with Crippen LogP contribution in [0.4, 0.5) is 0 Å². The molecule has 1 aromatic carbocycles. The van der Waals surface area contributed by atoms with Gasteiger partial charge in [0.05, 0.1) is 0 Å². The van der Waals surface area contributed by atoms with E-state index in [0.29, 0.717) is 12.5 Å². The fourth-order valence-corrected chi connectivity index (χ4v) is 2.10. The van der Waals surface area contributed by atoms with Crippen molar-refractivity contribution in [2.75, 3.05) is 6.54 Å². The molecule has 0 aliphatic heterocycles. The summed E-state index contributed by atoms with van der Waals surface area (Å²) in [5, 5.41) is 7.06. The Balaban J connectivity index is 0.00000242. The highest BCUT2D eigenvalue weighted by Crippen LogP contribution is 2.11. The van der Waals surface area contributed by atoms with E-state index in [1.807, 2.05) is 48.1 Å². The van der Waals surface area contributed by atoms with Gasteiger partial charge in [0, 0.05) is 25.5 Å². The van der Waals surface area contributed by atoms with Gasteiger partial charge in [-0.3, -0.25) is 9.48 Å². The van der Waals surface area contributed by atoms with Gasteiger partial charge in [0.1, 0.15) is 6.04 Å². The minimum Gasteiger partial charge on any atom is -0.354 e. The lowest BCUT2D eigenvalue weighted by molar-refractivity contribution is -0.122. The number of benzene rings is 1. The quantitative estimate of drug-likeness (QED) is 0.855. The summed E-state index contributed by atoms with van der Waals surface area (Å²) in [4.78, 5) is 12.1. The van der Waals surface area contributed by atoms with Crippen molar-refractivity contribution >= 4 is 18.3 Å². The maximum atomic E-state index is 12.1. The Morgan fingerprint density at radius 1 is 1.36 bits per heavy atom. The SMILES string of the molecule is Cc1ccc(C(N)C(=O)NCC(C)Cn2cccn2)cc1.Cl. The third-order valence-corrected chi connectivity index (χ3v) is 3.40. The smallest absolute Gasteiger partial charge is 0.241 e. The summed E-state index contributed by atoms with van der Waals surface area (Å²) in [5.41, 5.74) is 7.96. The van der Waals surface area contributed by atoms with Crippen LogP contribution in [0.15, 0.2) is 42.7 Å². The van der Waals surface area contributed by atoms with Crippen LogP contribution in [0.2, 0.25) is 0 Å². The molecule has 1 aromatic heterocycles. The molecule has 0 aliphatic carbocycles. The highest BCUT2D eigenvalue weighted by molar-refractivity contribution is 5.85. The minimum absolute atomic E-state index is 0. The molecule has 120 valence electrons. The van der Waals surface area contributed by atoms with Crippen molar-refractivity contribution in [3.05, 3.63) is 53.9 Å². The number of carbonyl (C=O) groups is 1. The van der Waals surface area contributed by atoms with E-state index in [0.717, 1.165) is 17.7 Å². The van der Waals surface area contributed by atoms with Crippen molar-refractivity contribution in [2.24, 2.45) is 11.7 Å². The summed E-state index contributed by atoms with van der Waals surface area (Å²) in [5.74, 6) is 0.144. The van der Waals surface area contributed by atoms with E-state index in [-0.39, 0.29) is 18.3 Å². The Morgan fingerprint density at radius 3 is 2.64 bits per heavy atom. The van der Waals surface area contributed by atoms with Crippen LogP contribution in [0.1, 0.15) is 24.1 Å². The molecule has 1 heterocycles. The third kappa shape index (κ3) is 5.16. The number of aromatic nitrogens is 2. The van der Waals surface area contributed by atoms with E-state index in [4.69, 9.17) is 5.73 Å². The number of nitrogens with zero attached hydrogens (tertiary/aromatic N) is 2. The first-order valence-electron chi connectivity index (χ1n) is 7.13. The molecular formula is C16H23ClN4O. The standard InChI is InChI=1S/C16H22N4O.ClH/c1-12-4-6-14(7-5-12)15(17)16(21)18-10-13(2)11-20-9-3-8-19-20;/h3-9,13,15H,10-11,17H2,1-2H3,(H,18,21);1H. The largest absolute Gasteiger partial charge is 0.354 e. The van der Waals surface area contributed by atoms with Gasteiger partial charge in [-0.1, -0.05) is 36.8 Å². The number of hydrogen-bond acceptors (Lipinski definition) is 3. The van der Waals surface area contributed by atoms with E-state index in [1.54, 1.807) is 6.20 Å². The molecule has 5 nitrogen and oxygen atoms in total. The molecule has 2 atom stereocenters. The minimum atomic E-state index is -0.623. The molecule has 2 rings (SSSR count). The van der Waals surface area contributed by atoms with Gasteiger partial charge in [0.2, 0.25) is 5.91 Å². The lowest BCUT2D eigenvalue weighted by Crippen LogP contribution is -2.37. The first-order chi connectivity index (χ1) is 10.1. The number of amides is 1. The molecule has 0 radical (unpaired) electrons. The van der Waals surface area contributed by atoms with Gasteiger partial charge >= 0.3 is 0 Å². The average Bonchev–Trinajstić information content (AvgIpc) is 2.97. The van der Waals surface area contributed by atoms with E-state index in [9.17, 15) is 4.79 Å². The van der Waals surface area contributed by atoms with E-state index >= 15 is 0 Å². The molecule has 0 spiro atoms. The monoisotopic (exact) mass is 322 g/mol. The summed E-state index contributed by atoms with van der Waals surface area (Å²) in [7, 11) is 0. The number of carbonyl (C=O) groups excluding carboxylic acids is 1. The number of nitrogens with one attached hydrogen (secondary N) is 1. The second kappa shape index (κ2) is 8.56. The average molecular weight is 323 g/mol. The zero-order valence-corrected chi connectivity index (χ0v) is 13.7. The molecule has 2 unspecified atom stereocenters. The van der Waals surface area contributed by atoms with Crippen LogP contribution in [-0.4, -0.2) is 22.2 Å². The van der Waals surface area contributed by atoms with E-state index in [1.165, 1.54) is 0 Å². The summed E-state index contributed by atoms with van der Waals surface area (Å²) in [6.45, 7) is 5.43. The number of nitrogens with two attached hydrogens (primary N) is 1. The molecule has 0 saturated heterocycles. The summed E-state index contributed by atoms with van der Waals surface area (Å²) < 4.78 is 1.86. The number of halogens is 1. The van der Waals surface area contributed by atoms with Crippen molar-refractivity contribution in [3.63, 3.8) is 0 Å². The second-order valence-corrected chi connectivity index (χ2v) is 5.47. The van der Waals surface area contributed by atoms with Crippen LogP contribution in [0.3, 0.4) is 0 Å². The van der Waals surface area contributed by atoms with Crippen molar-refractivity contribution < 1.29 is 4.79 Å². The van der Waals surface area contributed by atoms with Crippen molar-refractivity contribution in [1.29, 1.82) is 0 Å². The van der Waals surface area contributed by atoms with Gasteiger partial charge in [0.15, 0.2) is 0 Å². The van der Waals surface area contributed by atoms with Crippen LogP contribution in [0.25, 0.3) is 0 Å². The van der Waals surface area contributed by atoms with Gasteiger partial charge in [0.25, 0.3) is 0 Å². The normalized spacial score (nSPS) is 13.0. The van der Waals surface area contributed by atoms with Crippen LogP contribution < -0.4 is 11.1 Å². The Labute approximate surface area is 137 Å². The molecule has 3 N–H and O–H groups in total. The molecule has 0 aliphatic rings. The molecule has 0 bridgehead atoms. The maximum absolute atomic E-state index is 12.1. The summed E-state index contributed by atoms with van der Waals surface area (Å²) >= 11 is 0. The fraction of sp³-hybridized carbons (Fsp3) is 0.375. The lowest BCUT2D eigenvalue weighted by Gasteiger charge is -2.16. The first-order valence-corrected chi connectivity index (χ1v) is 7.13. The highest BCUT2D eigenvalue weighted by Gasteiger charge is 2.16. The zero-order valence-electron chi connectivity index (χ0n) is 12.9. The molecule has 0 saturated carbocycles. The summed E-state index contributed by atoms with van der Waals surface area (Å²) in [6, 6.07) is 8.98. The van der Waals surface area contributed by atoms with Gasteiger partial charge in [-0.05, 0) is 24.5 Å². The van der Waals surface area contributed by atoms with Gasteiger partial charge in [-0.15, -0.1) is 12.4 Å². The Hall–Kier alpha value is -1.85. The van der Waals surface area contributed by atoms with Crippen molar-refractivity contribution in [1.82, 2.24) is 15.1 Å². The summed E-state index contributed by atoms with van der Waals surface area (Å²) in [6.07, 6.45) is 3.66. The van der Waals surface area contributed by atoms with Gasteiger partial charge in [-0.25, -0.2) is 0 Å². The predicted molar refractivity (Wildman–Crippen MR) is 89.8 cm³/mol. The van der Waals surface area contributed by atoms with Gasteiger partial charge < -0.3 is 11.1 Å². The third-order valence-electron chi connectivity index (χ3n) is 3.40. The Morgan fingerprint density at radius 2 is 2.05 bits per heavy atom. The fourth-order valence-electron chi connectivity index (χ4n) is 2.10. The second-order valence-electron chi connectivity index (χ2n) is 5.47. The number of rotatable bonds is 6. The van der Waals surface area contributed by atoms with Gasteiger partial charge in [-0.2, -0.15) is 5.10 Å². The molecule has 22 heavy (non-hydrogen) atoms. The van der Waals surface area contributed by atoms with E-state index < -0.39 is 6.04 Å². The first kappa shape index (κ1) is 18.2. The predicted octanol–water partition coefficient (Wildman–Crippen LogP) is 2.07. The van der Waals surface area contributed by atoms with Crippen LogP contribution in [0.5, 0.6) is 0 Å². The Bertz CT molecular complexity index is 568. The Kier molecular flexibility index (Phi) is 7.08. The molecular weight excluding hydrogens is 300 g/mol. The van der Waals surface area contributed by atoms with E-state index in [2.05, 4.69) is 17.3 Å². The molecule has 2 aromatic rings. The number of hydrogen-bond donors (Lipinski definition) is 2. The molecule has 1 amide bonds. The number of aryl methyl sites for hydroxylation is 1. The topological polar surface area (TPSA) is 72.9 Å². The van der Waals surface area contributed by atoms with Crippen molar-refractivity contribution in [2.45, 2.75) is 26.4 Å². The zero-order chi connectivity index (χ0) is 15.2.